The Morgan fingerprint density at radius 3 is 1.22 bits per heavy atom. The van der Waals surface area contributed by atoms with E-state index < -0.39 is 12.3 Å². The van der Waals surface area contributed by atoms with Crippen LogP contribution in [0.1, 0.15) is 110 Å². The molecular formula is C20H41F2P. The van der Waals surface area contributed by atoms with Crippen LogP contribution in [-0.2, 0) is 0 Å². The predicted octanol–water partition coefficient (Wildman–Crippen LogP) is 7.80. The standard InChI is InChI=1S/C20H41F2P/c1-3-18(21)14-10-6-5-7-12-16-20(23)17-13-9-8-11-15-19(22)4-2/h18-20H,3-17,23H2,1-2H3. The molecule has 0 spiro atoms. The average molecular weight is 351 g/mol. The first kappa shape index (κ1) is 23.3. The second-order valence-electron chi connectivity index (χ2n) is 7.11. The quantitative estimate of drug-likeness (QED) is 0.185. The zero-order valence-electron chi connectivity index (χ0n) is 15.7. The van der Waals surface area contributed by atoms with Gasteiger partial charge in [0.05, 0.1) is 12.3 Å². The normalized spacial score (nSPS) is 15.5. The summed E-state index contributed by atoms with van der Waals surface area (Å²) in [5.74, 6) is 0. The van der Waals surface area contributed by atoms with E-state index in [4.69, 9.17) is 0 Å². The van der Waals surface area contributed by atoms with E-state index in [0.29, 0.717) is 12.8 Å². The van der Waals surface area contributed by atoms with Gasteiger partial charge in [0, 0.05) is 0 Å². The lowest BCUT2D eigenvalue weighted by molar-refractivity contribution is 0.295. The topological polar surface area (TPSA) is 0 Å². The molecule has 3 heteroatoms. The van der Waals surface area contributed by atoms with Gasteiger partial charge in [-0.2, -0.15) is 0 Å². The van der Waals surface area contributed by atoms with Crippen molar-refractivity contribution in [3.63, 3.8) is 0 Å². The van der Waals surface area contributed by atoms with E-state index in [1.165, 1.54) is 57.8 Å². The van der Waals surface area contributed by atoms with Crippen molar-refractivity contribution >= 4 is 9.24 Å². The fourth-order valence-electron chi connectivity index (χ4n) is 2.98. The Balaban J connectivity index is 3.23. The highest BCUT2D eigenvalue weighted by Crippen LogP contribution is 2.20. The Bertz CT molecular complexity index is 236. The molecule has 0 aromatic rings. The molecule has 0 saturated carbocycles. The number of halogens is 2. The number of hydrogen-bond acceptors (Lipinski definition) is 0. The van der Waals surface area contributed by atoms with E-state index >= 15 is 0 Å². The van der Waals surface area contributed by atoms with Crippen molar-refractivity contribution in [2.75, 3.05) is 0 Å². The molecule has 140 valence electrons. The predicted molar refractivity (Wildman–Crippen MR) is 104 cm³/mol. The Labute approximate surface area is 146 Å². The number of hydrogen-bond donors (Lipinski definition) is 0. The summed E-state index contributed by atoms with van der Waals surface area (Å²) >= 11 is 0. The highest BCUT2D eigenvalue weighted by Gasteiger charge is 2.05. The van der Waals surface area contributed by atoms with Gasteiger partial charge in [-0.05, 0) is 44.2 Å². The molecule has 0 amide bonds. The van der Waals surface area contributed by atoms with Crippen LogP contribution >= 0.6 is 9.24 Å². The molecule has 0 bridgehead atoms. The Hall–Kier alpha value is 0.290. The minimum atomic E-state index is -0.581. The summed E-state index contributed by atoms with van der Waals surface area (Å²) in [6.45, 7) is 3.85. The van der Waals surface area contributed by atoms with Crippen LogP contribution in [0.25, 0.3) is 0 Å². The van der Waals surface area contributed by atoms with Gasteiger partial charge in [-0.1, -0.05) is 71.6 Å². The second kappa shape index (κ2) is 17.1. The largest absolute Gasteiger partial charge is 0.248 e. The monoisotopic (exact) mass is 350 g/mol. The second-order valence-corrected chi connectivity index (χ2v) is 8.05. The third-order valence-corrected chi connectivity index (χ3v) is 5.49. The summed E-state index contributed by atoms with van der Waals surface area (Å²) in [6.07, 6.45) is 15.1. The maximum Gasteiger partial charge on any atom is 0.0999 e. The van der Waals surface area contributed by atoms with Crippen LogP contribution in [0, 0.1) is 0 Å². The molecule has 0 aliphatic rings. The van der Waals surface area contributed by atoms with Crippen LogP contribution in [-0.4, -0.2) is 18.0 Å². The van der Waals surface area contributed by atoms with Crippen molar-refractivity contribution in [2.45, 2.75) is 128 Å². The smallest absolute Gasteiger partial charge is 0.0999 e. The highest BCUT2D eigenvalue weighted by molar-refractivity contribution is 7.17. The van der Waals surface area contributed by atoms with Gasteiger partial charge in [-0.15, -0.1) is 9.24 Å². The molecule has 0 fully saturated rings. The third kappa shape index (κ3) is 16.9. The Morgan fingerprint density at radius 2 is 0.870 bits per heavy atom. The van der Waals surface area contributed by atoms with E-state index in [9.17, 15) is 8.78 Å². The summed E-state index contributed by atoms with van der Waals surface area (Å²) in [7, 11) is 3.00. The molecule has 0 radical (unpaired) electrons. The van der Waals surface area contributed by atoms with Crippen molar-refractivity contribution in [1.82, 2.24) is 0 Å². The molecule has 0 aromatic carbocycles. The van der Waals surface area contributed by atoms with Crippen LogP contribution in [0.2, 0.25) is 0 Å². The fourth-order valence-corrected chi connectivity index (χ4v) is 3.45. The number of unbranched alkanes of at least 4 members (excludes halogenated alkanes) is 7. The van der Waals surface area contributed by atoms with E-state index in [-0.39, 0.29) is 0 Å². The van der Waals surface area contributed by atoms with Crippen molar-refractivity contribution < 1.29 is 8.78 Å². The van der Waals surface area contributed by atoms with Gasteiger partial charge in [0.15, 0.2) is 0 Å². The van der Waals surface area contributed by atoms with Gasteiger partial charge in [0.25, 0.3) is 0 Å². The van der Waals surface area contributed by atoms with E-state index in [0.717, 1.165) is 31.3 Å². The first-order chi connectivity index (χ1) is 11.1. The summed E-state index contributed by atoms with van der Waals surface area (Å²) < 4.78 is 26.1. The van der Waals surface area contributed by atoms with Crippen molar-refractivity contribution in [3.8, 4) is 0 Å². The molecule has 0 aromatic heterocycles. The van der Waals surface area contributed by atoms with Crippen LogP contribution in [0.5, 0.6) is 0 Å². The molecule has 0 nitrogen and oxygen atoms in total. The van der Waals surface area contributed by atoms with Crippen molar-refractivity contribution in [3.05, 3.63) is 0 Å². The summed E-state index contributed by atoms with van der Waals surface area (Å²) in [5.41, 5.74) is 0.745. The average Bonchev–Trinajstić information content (AvgIpc) is 2.56. The summed E-state index contributed by atoms with van der Waals surface area (Å²) in [5, 5.41) is 0. The minimum Gasteiger partial charge on any atom is -0.248 e. The van der Waals surface area contributed by atoms with Crippen molar-refractivity contribution in [1.29, 1.82) is 0 Å². The third-order valence-electron chi connectivity index (χ3n) is 4.82. The Morgan fingerprint density at radius 1 is 0.565 bits per heavy atom. The van der Waals surface area contributed by atoms with Gasteiger partial charge in [-0.25, -0.2) is 8.78 Å². The van der Waals surface area contributed by atoms with Crippen LogP contribution in [0.3, 0.4) is 0 Å². The minimum absolute atomic E-state index is 0.579. The molecule has 23 heavy (non-hydrogen) atoms. The zero-order valence-corrected chi connectivity index (χ0v) is 16.8. The van der Waals surface area contributed by atoms with Crippen molar-refractivity contribution in [2.24, 2.45) is 0 Å². The summed E-state index contributed by atoms with van der Waals surface area (Å²) in [4.78, 5) is 0. The summed E-state index contributed by atoms with van der Waals surface area (Å²) in [6, 6.07) is 0. The molecule has 0 aliphatic heterocycles. The molecule has 0 aliphatic carbocycles. The maximum atomic E-state index is 13.1. The van der Waals surface area contributed by atoms with E-state index in [1.54, 1.807) is 0 Å². The number of rotatable bonds is 17. The molecule has 0 rings (SSSR count). The molecule has 4 unspecified atom stereocenters. The lowest BCUT2D eigenvalue weighted by Crippen LogP contribution is -1.99. The molecule has 0 N–H and O–H groups in total. The SMILES string of the molecule is CCC(F)CCCCCCCC(P)CCCCCCC(F)CC. The van der Waals surface area contributed by atoms with Crippen LogP contribution < -0.4 is 0 Å². The van der Waals surface area contributed by atoms with Gasteiger partial charge >= 0.3 is 0 Å². The van der Waals surface area contributed by atoms with Gasteiger partial charge in [0.2, 0.25) is 0 Å². The van der Waals surface area contributed by atoms with E-state index in [2.05, 4.69) is 9.24 Å². The maximum absolute atomic E-state index is 13.1. The highest BCUT2D eigenvalue weighted by atomic mass is 31.0. The molecule has 4 atom stereocenters. The van der Waals surface area contributed by atoms with Crippen LogP contribution in [0.4, 0.5) is 8.78 Å². The molecule has 0 saturated heterocycles. The lowest BCUT2D eigenvalue weighted by Gasteiger charge is -2.11. The van der Waals surface area contributed by atoms with E-state index in [1.807, 2.05) is 13.8 Å². The molecule has 0 heterocycles. The first-order valence-corrected chi connectivity index (χ1v) is 10.8. The van der Waals surface area contributed by atoms with Gasteiger partial charge in [-0.3, -0.25) is 0 Å². The first-order valence-electron chi connectivity index (χ1n) is 10.1. The van der Waals surface area contributed by atoms with Gasteiger partial charge < -0.3 is 0 Å². The van der Waals surface area contributed by atoms with Crippen LogP contribution in [0.15, 0.2) is 0 Å². The molecular weight excluding hydrogens is 309 g/mol. The number of alkyl halides is 2. The Kier molecular flexibility index (Phi) is 17.3. The lowest BCUT2D eigenvalue weighted by atomic mass is 10.0. The fraction of sp³-hybridized carbons (Fsp3) is 1.00. The zero-order chi connectivity index (χ0) is 17.3. The van der Waals surface area contributed by atoms with Gasteiger partial charge in [0.1, 0.15) is 0 Å².